The number of carbonyl (C=O) groups excluding carboxylic acids is 1. The summed E-state index contributed by atoms with van der Waals surface area (Å²) in [6.07, 6.45) is 1.14. The van der Waals surface area contributed by atoms with Crippen molar-refractivity contribution in [1.82, 2.24) is 9.80 Å². The fourth-order valence-corrected chi connectivity index (χ4v) is 2.13. The van der Waals surface area contributed by atoms with Gasteiger partial charge in [-0.05, 0) is 13.8 Å². The van der Waals surface area contributed by atoms with Crippen LogP contribution in [0.4, 0.5) is 4.79 Å². The number of ether oxygens (including phenoxy) is 1. The largest absolute Gasteiger partial charge is 0.480 e. The summed E-state index contributed by atoms with van der Waals surface area (Å²) in [7, 11) is 0. The van der Waals surface area contributed by atoms with Crippen LogP contribution in [0.1, 0.15) is 13.8 Å². The molecule has 0 radical (unpaired) electrons. The highest BCUT2D eigenvalue weighted by Gasteiger charge is 2.37. The van der Waals surface area contributed by atoms with E-state index in [1.807, 2.05) is 18.7 Å². The molecule has 0 aliphatic carbocycles. The molecule has 0 saturated carbocycles. The molecule has 1 aliphatic rings. The van der Waals surface area contributed by atoms with Crippen LogP contribution < -0.4 is 0 Å². The van der Waals surface area contributed by atoms with Crippen molar-refractivity contribution in [2.75, 3.05) is 32.8 Å². The first kappa shape index (κ1) is 14.5. The molecule has 1 saturated heterocycles. The number of hydrogen-bond donors (Lipinski definition) is 1. The lowest BCUT2D eigenvalue weighted by Crippen LogP contribution is -2.61. The molecular weight excluding hydrogens is 236 g/mol. The van der Waals surface area contributed by atoms with Crippen LogP contribution in [0.25, 0.3) is 0 Å². The molecule has 1 aliphatic heterocycles. The van der Waals surface area contributed by atoms with Crippen LogP contribution in [-0.4, -0.2) is 65.3 Å². The highest BCUT2D eigenvalue weighted by atomic mass is 16.6. The summed E-state index contributed by atoms with van der Waals surface area (Å²) in [4.78, 5) is 26.0. The number of rotatable bonds is 4. The maximum Gasteiger partial charge on any atom is 0.410 e. The van der Waals surface area contributed by atoms with Crippen LogP contribution in [0.3, 0.4) is 0 Å². The van der Waals surface area contributed by atoms with Crippen molar-refractivity contribution in [2.45, 2.75) is 19.4 Å². The minimum atomic E-state index is -0.853. The van der Waals surface area contributed by atoms with Gasteiger partial charge in [-0.1, -0.05) is 12.7 Å². The summed E-state index contributed by atoms with van der Waals surface area (Å²) < 4.78 is 5.02. The summed E-state index contributed by atoms with van der Waals surface area (Å²) in [5, 5.41) is 8.77. The van der Waals surface area contributed by atoms with E-state index in [9.17, 15) is 9.59 Å². The van der Waals surface area contributed by atoms with Gasteiger partial charge >= 0.3 is 12.1 Å². The molecule has 102 valence electrons. The molecular formula is C12H20N2O4. The first-order valence-corrected chi connectivity index (χ1v) is 5.86. The van der Waals surface area contributed by atoms with Crippen LogP contribution in [0.2, 0.25) is 0 Å². The molecule has 1 amide bonds. The Hall–Kier alpha value is -1.56. The minimum Gasteiger partial charge on any atom is -0.480 e. The topological polar surface area (TPSA) is 70.1 Å². The Balaban J connectivity index is 2.61. The van der Waals surface area contributed by atoms with Crippen molar-refractivity contribution in [3.05, 3.63) is 12.7 Å². The van der Waals surface area contributed by atoms with Crippen LogP contribution in [0.5, 0.6) is 0 Å². The van der Waals surface area contributed by atoms with Crippen molar-refractivity contribution in [2.24, 2.45) is 0 Å². The van der Waals surface area contributed by atoms with Gasteiger partial charge in [-0.2, -0.15) is 0 Å². The molecule has 0 aromatic heterocycles. The Morgan fingerprint density at radius 3 is 2.61 bits per heavy atom. The SMILES string of the molecule is C=CCOC(=O)N1CCN(CC(=O)O)CC1(C)C. The van der Waals surface area contributed by atoms with Crippen LogP contribution >= 0.6 is 0 Å². The number of carboxylic acids is 1. The molecule has 1 fully saturated rings. The van der Waals surface area contributed by atoms with Gasteiger partial charge in [0.25, 0.3) is 0 Å². The second-order valence-corrected chi connectivity index (χ2v) is 4.93. The quantitative estimate of drug-likeness (QED) is 0.753. The number of nitrogens with zero attached hydrogens (tertiary/aromatic N) is 2. The molecule has 1 heterocycles. The summed E-state index contributed by atoms with van der Waals surface area (Å²) in [5.41, 5.74) is -0.439. The highest BCUT2D eigenvalue weighted by Crippen LogP contribution is 2.21. The monoisotopic (exact) mass is 256 g/mol. The van der Waals surface area contributed by atoms with Crippen LogP contribution in [0, 0.1) is 0 Å². The molecule has 0 aromatic rings. The van der Waals surface area contributed by atoms with E-state index in [1.165, 1.54) is 6.08 Å². The van der Waals surface area contributed by atoms with E-state index in [0.717, 1.165) is 0 Å². The molecule has 18 heavy (non-hydrogen) atoms. The van der Waals surface area contributed by atoms with Crippen molar-refractivity contribution in [3.8, 4) is 0 Å². The third-order valence-electron chi connectivity index (χ3n) is 2.88. The predicted molar refractivity (Wildman–Crippen MR) is 66.4 cm³/mol. The maximum atomic E-state index is 11.8. The van der Waals surface area contributed by atoms with Gasteiger partial charge in [0.2, 0.25) is 0 Å². The number of carboxylic acid groups (broad SMARTS) is 1. The zero-order chi connectivity index (χ0) is 13.8. The molecule has 0 aromatic carbocycles. The summed E-state index contributed by atoms with van der Waals surface area (Å²) in [6.45, 7) is 9.00. The molecule has 0 bridgehead atoms. The maximum absolute atomic E-state index is 11.8. The van der Waals surface area contributed by atoms with Crippen molar-refractivity contribution < 1.29 is 19.4 Å². The average molecular weight is 256 g/mol. The van der Waals surface area contributed by atoms with Crippen LogP contribution in [0.15, 0.2) is 12.7 Å². The lowest BCUT2D eigenvalue weighted by atomic mass is 9.99. The average Bonchev–Trinajstić information content (AvgIpc) is 2.23. The number of carbonyl (C=O) groups is 2. The molecule has 0 spiro atoms. The van der Waals surface area contributed by atoms with Gasteiger partial charge in [0.15, 0.2) is 0 Å². The van der Waals surface area contributed by atoms with E-state index in [2.05, 4.69) is 6.58 Å². The fraction of sp³-hybridized carbons (Fsp3) is 0.667. The van der Waals surface area contributed by atoms with E-state index >= 15 is 0 Å². The summed E-state index contributed by atoms with van der Waals surface area (Å²) >= 11 is 0. The van der Waals surface area contributed by atoms with Gasteiger partial charge in [-0.3, -0.25) is 9.69 Å². The fourth-order valence-electron chi connectivity index (χ4n) is 2.13. The number of amides is 1. The summed E-state index contributed by atoms with van der Waals surface area (Å²) in [6, 6.07) is 0. The Kier molecular flexibility index (Phi) is 4.72. The first-order valence-electron chi connectivity index (χ1n) is 5.86. The van der Waals surface area contributed by atoms with E-state index in [4.69, 9.17) is 9.84 Å². The lowest BCUT2D eigenvalue weighted by molar-refractivity contribution is -0.139. The van der Waals surface area contributed by atoms with Crippen molar-refractivity contribution in [3.63, 3.8) is 0 Å². The molecule has 6 heteroatoms. The normalized spacial score (nSPS) is 19.3. The first-order chi connectivity index (χ1) is 8.36. The highest BCUT2D eigenvalue weighted by molar-refractivity contribution is 5.70. The Bertz CT molecular complexity index is 341. The smallest absolute Gasteiger partial charge is 0.410 e. The molecule has 6 nitrogen and oxygen atoms in total. The van der Waals surface area contributed by atoms with Gasteiger partial charge in [0.1, 0.15) is 6.61 Å². The molecule has 1 N–H and O–H groups in total. The third kappa shape index (κ3) is 3.73. The zero-order valence-electron chi connectivity index (χ0n) is 10.9. The van der Waals surface area contributed by atoms with E-state index in [0.29, 0.717) is 19.6 Å². The minimum absolute atomic E-state index is 0.00102. The number of piperazine rings is 1. The van der Waals surface area contributed by atoms with Crippen molar-refractivity contribution >= 4 is 12.1 Å². The number of hydrogen-bond acceptors (Lipinski definition) is 4. The standard InChI is InChI=1S/C12H20N2O4/c1-4-7-18-11(17)14-6-5-13(8-10(15)16)9-12(14,2)3/h4H,1,5-9H2,2-3H3,(H,15,16). The summed E-state index contributed by atoms with van der Waals surface area (Å²) in [5.74, 6) is -0.853. The zero-order valence-corrected chi connectivity index (χ0v) is 10.9. The molecule has 0 unspecified atom stereocenters. The Morgan fingerprint density at radius 2 is 2.11 bits per heavy atom. The van der Waals surface area contributed by atoms with Gasteiger partial charge < -0.3 is 14.7 Å². The number of aliphatic carboxylic acids is 1. The lowest BCUT2D eigenvalue weighted by Gasteiger charge is -2.45. The van der Waals surface area contributed by atoms with E-state index in [-0.39, 0.29) is 19.2 Å². The van der Waals surface area contributed by atoms with E-state index in [1.54, 1.807) is 4.90 Å². The van der Waals surface area contributed by atoms with Gasteiger partial charge in [-0.15, -0.1) is 0 Å². The van der Waals surface area contributed by atoms with Gasteiger partial charge in [0.05, 0.1) is 12.1 Å². The van der Waals surface area contributed by atoms with E-state index < -0.39 is 11.5 Å². The van der Waals surface area contributed by atoms with Crippen molar-refractivity contribution in [1.29, 1.82) is 0 Å². The van der Waals surface area contributed by atoms with Gasteiger partial charge in [-0.25, -0.2) is 4.79 Å². The molecule has 1 rings (SSSR count). The second kappa shape index (κ2) is 5.86. The molecule has 0 atom stereocenters. The van der Waals surface area contributed by atoms with Gasteiger partial charge in [0, 0.05) is 19.6 Å². The second-order valence-electron chi connectivity index (χ2n) is 4.93. The third-order valence-corrected chi connectivity index (χ3v) is 2.88. The Morgan fingerprint density at radius 1 is 1.44 bits per heavy atom. The van der Waals surface area contributed by atoms with Crippen LogP contribution in [-0.2, 0) is 9.53 Å². The predicted octanol–water partition coefficient (Wildman–Crippen LogP) is 0.790. The Labute approximate surface area is 107 Å².